The first-order chi connectivity index (χ1) is 13.4. The second-order valence-electron chi connectivity index (χ2n) is 5.86. The van der Waals surface area contributed by atoms with Gasteiger partial charge in [-0.3, -0.25) is 0 Å². The number of hydrogen-bond acceptors (Lipinski definition) is 3. The Morgan fingerprint density at radius 1 is 1.10 bits per heavy atom. The van der Waals surface area contributed by atoms with Gasteiger partial charge < -0.3 is 20.4 Å². The Morgan fingerprint density at radius 2 is 1.79 bits per heavy atom. The second kappa shape index (κ2) is 10.1. The molecule has 10 heteroatoms. The maximum Gasteiger partial charge on any atom is 0.573 e. The van der Waals surface area contributed by atoms with E-state index in [9.17, 15) is 13.2 Å². The number of aliphatic imine (C=N–C) groups is 1. The lowest BCUT2D eigenvalue weighted by atomic mass is 10.2. The first kappa shape index (κ1) is 22.5. The summed E-state index contributed by atoms with van der Waals surface area (Å²) in [6.45, 7) is 0.924. The van der Waals surface area contributed by atoms with Crippen molar-refractivity contribution in [3.8, 4) is 5.75 Å². The highest BCUT2D eigenvalue weighted by Gasteiger charge is 2.30. The third-order valence-electron chi connectivity index (χ3n) is 3.75. The molecule has 0 saturated carbocycles. The minimum atomic E-state index is -4.73. The Labute approximate surface area is 182 Å². The van der Waals surface area contributed by atoms with Gasteiger partial charge in [-0.1, -0.05) is 30.3 Å². The molecule has 154 valence electrons. The van der Waals surface area contributed by atoms with Crippen LogP contribution in [0, 0.1) is 0 Å². The highest BCUT2D eigenvalue weighted by Crippen LogP contribution is 2.23. The van der Waals surface area contributed by atoms with Gasteiger partial charge in [-0.25, -0.2) is 9.98 Å². The van der Waals surface area contributed by atoms with Crippen LogP contribution in [0.2, 0.25) is 0 Å². The molecule has 0 aliphatic rings. The van der Waals surface area contributed by atoms with Gasteiger partial charge in [-0.05, 0) is 29.8 Å². The van der Waals surface area contributed by atoms with Crippen LogP contribution in [-0.2, 0) is 13.1 Å². The van der Waals surface area contributed by atoms with Crippen molar-refractivity contribution in [3.05, 3.63) is 78.4 Å². The van der Waals surface area contributed by atoms with Crippen LogP contribution in [0.4, 0.5) is 18.9 Å². The average Bonchev–Trinajstić information content (AvgIpc) is 3.08. The molecular formula is C19H19F3IN5O. The van der Waals surface area contributed by atoms with Gasteiger partial charge in [0.05, 0.1) is 0 Å². The fourth-order valence-electron chi connectivity index (χ4n) is 2.50. The van der Waals surface area contributed by atoms with Crippen molar-refractivity contribution < 1.29 is 17.9 Å². The number of rotatable bonds is 6. The first-order valence-corrected chi connectivity index (χ1v) is 8.36. The van der Waals surface area contributed by atoms with Crippen LogP contribution < -0.4 is 15.8 Å². The fourth-order valence-corrected chi connectivity index (χ4v) is 2.50. The summed E-state index contributed by atoms with van der Waals surface area (Å²) in [4.78, 5) is 8.52. The van der Waals surface area contributed by atoms with Crippen LogP contribution >= 0.6 is 24.0 Å². The molecule has 3 rings (SSSR count). The monoisotopic (exact) mass is 517 g/mol. The molecule has 6 nitrogen and oxygen atoms in total. The number of anilines is 1. The minimum Gasteiger partial charge on any atom is -0.406 e. The number of hydrogen-bond donors (Lipinski definition) is 2. The summed E-state index contributed by atoms with van der Waals surface area (Å²) in [5, 5.41) is 2.82. The summed E-state index contributed by atoms with van der Waals surface area (Å²) < 4.78 is 42.3. The van der Waals surface area contributed by atoms with Crippen molar-refractivity contribution in [2.75, 3.05) is 5.32 Å². The van der Waals surface area contributed by atoms with Gasteiger partial charge in [-0.15, -0.1) is 37.1 Å². The summed E-state index contributed by atoms with van der Waals surface area (Å²) in [5.41, 5.74) is 7.48. The van der Waals surface area contributed by atoms with Crippen LogP contribution in [0.3, 0.4) is 0 Å². The predicted molar refractivity (Wildman–Crippen MR) is 115 cm³/mol. The normalized spacial score (nSPS) is 11.6. The van der Waals surface area contributed by atoms with Crippen LogP contribution in [0.1, 0.15) is 11.4 Å². The van der Waals surface area contributed by atoms with Gasteiger partial charge in [0.1, 0.15) is 18.1 Å². The molecule has 0 unspecified atom stereocenters. The maximum atomic E-state index is 12.2. The van der Waals surface area contributed by atoms with Crippen molar-refractivity contribution in [2.24, 2.45) is 10.7 Å². The van der Waals surface area contributed by atoms with Crippen LogP contribution in [-0.4, -0.2) is 21.9 Å². The summed E-state index contributed by atoms with van der Waals surface area (Å²) in [5.74, 6) is 0.553. The smallest absolute Gasteiger partial charge is 0.406 e. The lowest BCUT2D eigenvalue weighted by Crippen LogP contribution is -2.23. The van der Waals surface area contributed by atoms with E-state index in [1.54, 1.807) is 6.20 Å². The predicted octanol–water partition coefficient (Wildman–Crippen LogP) is 4.37. The van der Waals surface area contributed by atoms with Crippen LogP contribution in [0.25, 0.3) is 0 Å². The number of aromatic nitrogens is 2. The van der Waals surface area contributed by atoms with E-state index in [2.05, 4.69) is 20.0 Å². The highest BCUT2D eigenvalue weighted by atomic mass is 127. The number of nitrogens with two attached hydrogens (primary N) is 1. The Balaban J connectivity index is 0.00000300. The van der Waals surface area contributed by atoms with E-state index in [1.165, 1.54) is 24.3 Å². The van der Waals surface area contributed by atoms with E-state index in [0.717, 1.165) is 11.4 Å². The summed E-state index contributed by atoms with van der Waals surface area (Å²) in [6.07, 6.45) is -1.17. The van der Waals surface area contributed by atoms with Crippen molar-refractivity contribution in [2.45, 2.75) is 19.5 Å². The standard InChI is InChI=1S/C19H18F3N5O.HI/c20-19(21,22)28-16-8-6-15(7-9-16)26-18(23)25-12-17-24-10-11-27(17)13-14-4-2-1-3-5-14;/h1-11H,12-13H2,(H3,23,25,26);1H. The van der Waals surface area contributed by atoms with E-state index in [-0.39, 0.29) is 42.2 Å². The van der Waals surface area contributed by atoms with Gasteiger partial charge in [0.2, 0.25) is 0 Å². The van der Waals surface area contributed by atoms with Crippen LogP contribution in [0.15, 0.2) is 72.0 Å². The molecule has 0 amide bonds. The first-order valence-electron chi connectivity index (χ1n) is 8.36. The molecule has 0 aliphatic carbocycles. The number of ether oxygens (including phenoxy) is 1. The molecule has 0 atom stereocenters. The van der Waals surface area contributed by atoms with Gasteiger partial charge >= 0.3 is 6.36 Å². The summed E-state index contributed by atoms with van der Waals surface area (Å²) in [6, 6.07) is 15.2. The van der Waals surface area contributed by atoms with Gasteiger partial charge in [-0.2, -0.15) is 0 Å². The number of nitrogens with one attached hydrogen (secondary N) is 1. The number of halogens is 4. The molecule has 2 aromatic carbocycles. The van der Waals surface area contributed by atoms with Gasteiger partial charge in [0.25, 0.3) is 0 Å². The molecular weight excluding hydrogens is 498 g/mol. The molecule has 0 saturated heterocycles. The summed E-state index contributed by atoms with van der Waals surface area (Å²) in [7, 11) is 0. The molecule has 1 heterocycles. The van der Waals surface area contributed by atoms with Gasteiger partial charge in [0.15, 0.2) is 5.96 Å². The molecule has 3 aromatic rings. The van der Waals surface area contributed by atoms with Gasteiger partial charge in [0, 0.05) is 24.6 Å². The second-order valence-corrected chi connectivity index (χ2v) is 5.86. The highest BCUT2D eigenvalue weighted by molar-refractivity contribution is 14.0. The average molecular weight is 517 g/mol. The lowest BCUT2D eigenvalue weighted by molar-refractivity contribution is -0.274. The maximum absolute atomic E-state index is 12.2. The van der Waals surface area contributed by atoms with Crippen molar-refractivity contribution in [3.63, 3.8) is 0 Å². The van der Waals surface area contributed by atoms with Crippen molar-refractivity contribution in [1.29, 1.82) is 0 Å². The van der Waals surface area contributed by atoms with E-state index < -0.39 is 6.36 Å². The fraction of sp³-hybridized carbons (Fsp3) is 0.158. The molecule has 0 aliphatic heterocycles. The van der Waals surface area contributed by atoms with E-state index >= 15 is 0 Å². The number of nitrogens with zero attached hydrogens (tertiary/aromatic N) is 3. The molecule has 0 radical (unpaired) electrons. The SMILES string of the molecule is I.NC(=NCc1nccn1Cc1ccccc1)Nc1ccc(OC(F)(F)F)cc1. The van der Waals surface area contributed by atoms with E-state index in [4.69, 9.17) is 5.73 Å². The summed E-state index contributed by atoms with van der Waals surface area (Å²) >= 11 is 0. The number of alkyl halides is 3. The number of benzene rings is 2. The molecule has 0 spiro atoms. The molecule has 3 N–H and O–H groups in total. The minimum absolute atomic E-state index is 0. The third kappa shape index (κ3) is 7.29. The van der Waals surface area contributed by atoms with E-state index in [0.29, 0.717) is 12.2 Å². The Hall–Kier alpha value is -2.76. The quantitative estimate of drug-likeness (QED) is 0.289. The number of imidazole rings is 1. The molecule has 0 bridgehead atoms. The zero-order valence-electron chi connectivity index (χ0n) is 15.1. The Bertz CT molecular complexity index is 927. The van der Waals surface area contributed by atoms with Crippen LogP contribution in [0.5, 0.6) is 5.75 Å². The molecule has 29 heavy (non-hydrogen) atoms. The van der Waals surface area contributed by atoms with Crippen molar-refractivity contribution in [1.82, 2.24) is 9.55 Å². The molecule has 0 fully saturated rings. The molecule has 1 aromatic heterocycles. The lowest BCUT2D eigenvalue weighted by Gasteiger charge is -2.10. The van der Waals surface area contributed by atoms with E-state index in [1.807, 2.05) is 41.1 Å². The zero-order valence-corrected chi connectivity index (χ0v) is 17.5. The largest absolute Gasteiger partial charge is 0.573 e. The third-order valence-corrected chi connectivity index (χ3v) is 3.75. The Morgan fingerprint density at radius 3 is 2.45 bits per heavy atom. The van der Waals surface area contributed by atoms with Crippen molar-refractivity contribution >= 4 is 35.6 Å². The number of guanidine groups is 1. The Kier molecular flexibility index (Phi) is 7.88. The topological polar surface area (TPSA) is 77.5 Å². The zero-order chi connectivity index (χ0) is 20.0.